The van der Waals surface area contributed by atoms with Crippen molar-refractivity contribution in [3.05, 3.63) is 71.8 Å². The molecule has 0 amide bonds. The van der Waals surface area contributed by atoms with E-state index in [-0.39, 0.29) is 11.3 Å². The molecule has 2 aromatic rings. The molecule has 0 saturated carbocycles. The highest BCUT2D eigenvalue weighted by Crippen LogP contribution is 2.14. The predicted molar refractivity (Wildman–Crippen MR) is 82.5 cm³/mol. The molecule has 0 aliphatic rings. The second-order valence-electron chi connectivity index (χ2n) is 4.86. The molecule has 0 spiro atoms. The number of carbonyl (C=O) groups excluding carboxylic acids is 1. The number of hydrogen-bond acceptors (Lipinski definition) is 2. The van der Waals surface area contributed by atoms with Crippen molar-refractivity contribution in [1.82, 2.24) is 4.90 Å². The molecule has 0 radical (unpaired) electrons. The van der Waals surface area contributed by atoms with Gasteiger partial charge in [-0.1, -0.05) is 60.7 Å². The van der Waals surface area contributed by atoms with Gasteiger partial charge in [-0.05, 0) is 29.7 Å². The minimum atomic E-state index is -0.322. The Kier molecular flexibility index (Phi) is 5.33. The van der Waals surface area contributed by atoms with E-state index in [0.717, 1.165) is 0 Å². The van der Waals surface area contributed by atoms with E-state index >= 15 is 0 Å². The minimum Gasteiger partial charge on any atom is -0.284 e. The Bertz CT molecular complexity index is 500. The molecule has 2 aromatic carbocycles. The van der Waals surface area contributed by atoms with Gasteiger partial charge in [0.2, 0.25) is 5.24 Å². The highest BCUT2D eigenvalue weighted by molar-refractivity contribution is 6.64. The summed E-state index contributed by atoms with van der Waals surface area (Å²) in [6, 6.07) is 19.9. The molecule has 0 fully saturated rings. The smallest absolute Gasteiger partial charge is 0.238 e. The molecule has 0 aliphatic heterocycles. The van der Waals surface area contributed by atoms with Crippen molar-refractivity contribution < 1.29 is 4.79 Å². The van der Waals surface area contributed by atoms with Gasteiger partial charge in [-0.25, -0.2) is 0 Å². The Labute approximate surface area is 125 Å². The lowest BCUT2D eigenvalue weighted by atomic mass is 10.1. The first kappa shape index (κ1) is 14.8. The topological polar surface area (TPSA) is 20.3 Å². The molecule has 0 heterocycles. The summed E-state index contributed by atoms with van der Waals surface area (Å²) in [4.78, 5) is 13.6. The minimum absolute atomic E-state index is 0.308. The van der Waals surface area contributed by atoms with Crippen molar-refractivity contribution in [2.75, 3.05) is 0 Å². The van der Waals surface area contributed by atoms with E-state index in [1.165, 1.54) is 11.1 Å². The van der Waals surface area contributed by atoms with Gasteiger partial charge < -0.3 is 0 Å². The van der Waals surface area contributed by atoms with Crippen molar-refractivity contribution >= 4 is 16.8 Å². The first-order valence-corrected chi connectivity index (χ1v) is 7.06. The van der Waals surface area contributed by atoms with Gasteiger partial charge in [0.1, 0.15) is 0 Å². The van der Waals surface area contributed by atoms with Gasteiger partial charge in [0.05, 0.1) is 6.04 Å². The molecule has 2 rings (SSSR count). The molecule has 0 aromatic heterocycles. The maximum atomic E-state index is 11.5. The third kappa shape index (κ3) is 4.19. The van der Waals surface area contributed by atoms with Crippen LogP contribution in [0.15, 0.2) is 60.7 Å². The first-order valence-electron chi connectivity index (χ1n) is 6.68. The SMILES string of the molecule is C[C@@H](C(=O)Cl)N(Cc1ccccc1)Cc1ccccc1. The van der Waals surface area contributed by atoms with Crippen molar-refractivity contribution in [2.24, 2.45) is 0 Å². The van der Waals surface area contributed by atoms with Crippen LogP contribution in [0.5, 0.6) is 0 Å². The van der Waals surface area contributed by atoms with E-state index in [1.807, 2.05) is 43.3 Å². The number of hydrogen-bond donors (Lipinski definition) is 0. The first-order chi connectivity index (χ1) is 9.66. The molecule has 0 saturated heterocycles. The highest BCUT2D eigenvalue weighted by Gasteiger charge is 2.20. The van der Waals surface area contributed by atoms with Crippen LogP contribution < -0.4 is 0 Å². The molecular formula is C17H18ClNO. The summed E-state index contributed by atoms with van der Waals surface area (Å²) in [5.74, 6) is 0. The van der Waals surface area contributed by atoms with E-state index in [4.69, 9.17) is 11.6 Å². The number of nitrogens with zero attached hydrogens (tertiary/aromatic N) is 1. The normalized spacial score (nSPS) is 12.3. The Morgan fingerprint density at radius 3 is 1.70 bits per heavy atom. The van der Waals surface area contributed by atoms with Gasteiger partial charge >= 0.3 is 0 Å². The number of halogens is 1. The molecule has 0 bridgehead atoms. The predicted octanol–water partition coefficient (Wildman–Crippen LogP) is 3.84. The molecule has 0 N–H and O–H groups in total. The third-order valence-corrected chi connectivity index (χ3v) is 3.65. The molecule has 0 unspecified atom stereocenters. The maximum Gasteiger partial charge on any atom is 0.238 e. The van der Waals surface area contributed by atoms with Gasteiger partial charge in [0.15, 0.2) is 0 Å². The van der Waals surface area contributed by atoms with Crippen LogP contribution in [0.1, 0.15) is 18.1 Å². The zero-order chi connectivity index (χ0) is 14.4. The second-order valence-corrected chi connectivity index (χ2v) is 5.23. The van der Waals surface area contributed by atoms with Crippen molar-refractivity contribution in [1.29, 1.82) is 0 Å². The number of benzene rings is 2. The van der Waals surface area contributed by atoms with Crippen LogP contribution in [0.2, 0.25) is 0 Å². The van der Waals surface area contributed by atoms with E-state index in [9.17, 15) is 4.79 Å². The molecule has 20 heavy (non-hydrogen) atoms. The fraction of sp³-hybridized carbons (Fsp3) is 0.235. The maximum absolute atomic E-state index is 11.5. The van der Waals surface area contributed by atoms with Gasteiger partial charge in [0, 0.05) is 13.1 Å². The zero-order valence-electron chi connectivity index (χ0n) is 11.5. The fourth-order valence-corrected chi connectivity index (χ4v) is 2.25. The lowest BCUT2D eigenvalue weighted by Crippen LogP contribution is -2.36. The average molecular weight is 288 g/mol. The van der Waals surface area contributed by atoms with Crippen LogP contribution in [0.3, 0.4) is 0 Å². The molecule has 0 aliphatic carbocycles. The van der Waals surface area contributed by atoms with Crippen LogP contribution in [-0.2, 0) is 17.9 Å². The standard InChI is InChI=1S/C17H18ClNO/c1-14(17(18)20)19(12-15-8-4-2-5-9-15)13-16-10-6-3-7-11-16/h2-11,14H,12-13H2,1H3/t14-/m0/s1. The lowest BCUT2D eigenvalue weighted by Gasteiger charge is -2.26. The molecular weight excluding hydrogens is 270 g/mol. The Balaban J connectivity index is 2.14. The summed E-state index contributed by atoms with van der Waals surface area (Å²) < 4.78 is 0. The Hall–Kier alpha value is -1.64. The monoisotopic (exact) mass is 287 g/mol. The van der Waals surface area contributed by atoms with Crippen LogP contribution in [0, 0.1) is 0 Å². The van der Waals surface area contributed by atoms with E-state index in [0.29, 0.717) is 13.1 Å². The van der Waals surface area contributed by atoms with Crippen molar-refractivity contribution in [3.63, 3.8) is 0 Å². The molecule has 104 valence electrons. The van der Waals surface area contributed by atoms with Crippen LogP contribution in [0.4, 0.5) is 0 Å². The second kappa shape index (κ2) is 7.22. The van der Waals surface area contributed by atoms with Crippen LogP contribution in [-0.4, -0.2) is 16.2 Å². The van der Waals surface area contributed by atoms with Gasteiger partial charge in [-0.3, -0.25) is 9.69 Å². The van der Waals surface area contributed by atoms with E-state index in [2.05, 4.69) is 29.2 Å². The number of rotatable bonds is 6. The van der Waals surface area contributed by atoms with Gasteiger partial charge in [0.25, 0.3) is 0 Å². The van der Waals surface area contributed by atoms with E-state index < -0.39 is 0 Å². The number of carbonyl (C=O) groups is 1. The average Bonchev–Trinajstić information content (AvgIpc) is 2.48. The summed E-state index contributed by atoms with van der Waals surface area (Å²) in [6.07, 6.45) is 0. The Morgan fingerprint density at radius 1 is 0.950 bits per heavy atom. The highest BCUT2D eigenvalue weighted by atomic mass is 35.5. The quantitative estimate of drug-likeness (QED) is 0.752. The zero-order valence-corrected chi connectivity index (χ0v) is 12.3. The van der Waals surface area contributed by atoms with Crippen LogP contribution >= 0.6 is 11.6 Å². The molecule has 3 heteroatoms. The lowest BCUT2D eigenvalue weighted by molar-refractivity contribution is -0.116. The molecule has 2 nitrogen and oxygen atoms in total. The summed E-state index contributed by atoms with van der Waals surface area (Å²) in [7, 11) is 0. The van der Waals surface area contributed by atoms with Gasteiger partial charge in [-0.2, -0.15) is 0 Å². The summed E-state index contributed by atoms with van der Waals surface area (Å²) >= 11 is 5.67. The summed E-state index contributed by atoms with van der Waals surface area (Å²) in [5.41, 5.74) is 2.35. The summed E-state index contributed by atoms with van der Waals surface area (Å²) in [5, 5.41) is -0.322. The van der Waals surface area contributed by atoms with E-state index in [1.54, 1.807) is 0 Å². The van der Waals surface area contributed by atoms with Crippen molar-refractivity contribution in [2.45, 2.75) is 26.1 Å². The van der Waals surface area contributed by atoms with Crippen molar-refractivity contribution in [3.8, 4) is 0 Å². The van der Waals surface area contributed by atoms with Crippen LogP contribution in [0.25, 0.3) is 0 Å². The fourth-order valence-electron chi connectivity index (χ4n) is 2.11. The third-order valence-electron chi connectivity index (χ3n) is 3.33. The van der Waals surface area contributed by atoms with Gasteiger partial charge in [-0.15, -0.1) is 0 Å². The Morgan fingerprint density at radius 2 is 1.35 bits per heavy atom. The summed E-state index contributed by atoms with van der Waals surface area (Å²) in [6.45, 7) is 3.26. The molecule has 1 atom stereocenters. The largest absolute Gasteiger partial charge is 0.284 e.